The number of carbonyl (C=O) groups is 1. The molecule has 0 saturated heterocycles. The Bertz CT molecular complexity index is 622. The van der Waals surface area contributed by atoms with Gasteiger partial charge in [-0.2, -0.15) is 4.98 Å². The summed E-state index contributed by atoms with van der Waals surface area (Å²) in [5.74, 6) is 0.0310. The van der Waals surface area contributed by atoms with Gasteiger partial charge < -0.3 is 20.4 Å². The van der Waals surface area contributed by atoms with Crippen LogP contribution < -0.4 is 16.0 Å². The number of hydrogen-bond acceptors (Lipinski definition) is 5. The van der Waals surface area contributed by atoms with Crippen LogP contribution in [0.4, 0.5) is 11.7 Å². The first-order valence-corrected chi connectivity index (χ1v) is 7.68. The SMILES string of the molecule is CN(C)c1nc2cc(NC(=O)CCCCCCN)ccc2o1. The van der Waals surface area contributed by atoms with Crippen molar-refractivity contribution in [1.29, 1.82) is 0 Å². The number of oxazole rings is 1. The molecule has 1 heterocycles. The molecular weight excluding hydrogens is 280 g/mol. The minimum Gasteiger partial charge on any atom is -0.423 e. The number of nitrogens with zero attached hydrogens (tertiary/aromatic N) is 2. The minimum atomic E-state index is 0.0310. The highest BCUT2D eigenvalue weighted by molar-refractivity contribution is 5.92. The summed E-state index contributed by atoms with van der Waals surface area (Å²) >= 11 is 0. The van der Waals surface area contributed by atoms with Crippen molar-refractivity contribution >= 4 is 28.7 Å². The van der Waals surface area contributed by atoms with Crippen LogP contribution in [0.2, 0.25) is 0 Å². The predicted molar refractivity (Wildman–Crippen MR) is 89.1 cm³/mol. The molecule has 0 aliphatic heterocycles. The fourth-order valence-electron chi connectivity index (χ4n) is 2.19. The van der Waals surface area contributed by atoms with Gasteiger partial charge in [-0.15, -0.1) is 0 Å². The Morgan fingerprint density at radius 1 is 1.27 bits per heavy atom. The molecule has 2 rings (SSSR count). The third kappa shape index (κ3) is 4.46. The summed E-state index contributed by atoms with van der Waals surface area (Å²) in [4.78, 5) is 18.1. The maximum absolute atomic E-state index is 11.9. The summed E-state index contributed by atoms with van der Waals surface area (Å²) in [7, 11) is 3.75. The lowest BCUT2D eigenvalue weighted by Gasteiger charge is -2.04. The molecule has 1 amide bonds. The summed E-state index contributed by atoms with van der Waals surface area (Å²) in [6.45, 7) is 0.721. The number of fused-ring (bicyclic) bond motifs is 1. The van der Waals surface area contributed by atoms with Gasteiger partial charge in [-0.3, -0.25) is 4.79 Å². The van der Waals surface area contributed by atoms with Crippen molar-refractivity contribution in [1.82, 2.24) is 4.98 Å². The van der Waals surface area contributed by atoms with Gasteiger partial charge in [0.1, 0.15) is 5.52 Å². The number of nitrogens with two attached hydrogens (primary N) is 1. The number of amides is 1. The molecule has 22 heavy (non-hydrogen) atoms. The van der Waals surface area contributed by atoms with E-state index in [1.807, 2.05) is 32.3 Å². The number of nitrogens with one attached hydrogen (secondary N) is 1. The first-order valence-electron chi connectivity index (χ1n) is 7.68. The molecule has 0 unspecified atom stereocenters. The van der Waals surface area contributed by atoms with Crippen LogP contribution in [0.5, 0.6) is 0 Å². The van der Waals surface area contributed by atoms with Gasteiger partial charge in [0.25, 0.3) is 6.01 Å². The Morgan fingerprint density at radius 3 is 2.77 bits per heavy atom. The van der Waals surface area contributed by atoms with E-state index in [0.717, 1.165) is 43.4 Å². The molecular formula is C16H24N4O2. The second-order valence-electron chi connectivity index (χ2n) is 5.57. The van der Waals surface area contributed by atoms with Crippen molar-refractivity contribution in [2.75, 3.05) is 30.9 Å². The van der Waals surface area contributed by atoms with Crippen LogP contribution in [0.3, 0.4) is 0 Å². The Kier molecular flexibility index (Phi) is 5.77. The van der Waals surface area contributed by atoms with Gasteiger partial charge in [0.05, 0.1) is 0 Å². The van der Waals surface area contributed by atoms with E-state index >= 15 is 0 Å². The standard InChI is InChI=1S/C16H24N4O2/c1-20(2)16-19-13-11-12(8-9-14(13)22-16)18-15(21)7-5-3-4-6-10-17/h8-9,11H,3-7,10,17H2,1-2H3,(H,18,21). The highest BCUT2D eigenvalue weighted by Gasteiger charge is 2.09. The van der Waals surface area contributed by atoms with E-state index in [2.05, 4.69) is 10.3 Å². The highest BCUT2D eigenvalue weighted by Crippen LogP contribution is 2.23. The number of carbonyl (C=O) groups excluding carboxylic acids is 1. The monoisotopic (exact) mass is 304 g/mol. The molecule has 2 aromatic rings. The third-order valence-electron chi connectivity index (χ3n) is 3.40. The summed E-state index contributed by atoms with van der Waals surface area (Å²) < 4.78 is 5.58. The van der Waals surface area contributed by atoms with E-state index in [0.29, 0.717) is 18.0 Å². The molecule has 0 radical (unpaired) electrons. The molecule has 0 aliphatic carbocycles. The fraction of sp³-hybridized carbons (Fsp3) is 0.500. The van der Waals surface area contributed by atoms with E-state index < -0.39 is 0 Å². The van der Waals surface area contributed by atoms with Gasteiger partial charge in [0, 0.05) is 26.2 Å². The van der Waals surface area contributed by atoms with Gasteiger partial charge in [-0.25, -0.2) is 0 Å². The molecule has 3 N–H and O–H groups in total. The maximum Gasteiger partial charge on any atom is 0.297 e. The van der Waals surface area contributed by atoms with Gasteiger partial charge in [0.15, 0.2) is 5.58 Å². The van der Waals surface area contributed by atoms with Gasteiger partial charge >= 0.3 is 0 Å². The van der Waals surface area contributed by atoms with Crippen molar-refractivity contribution in [3.8, 4) is 0 Å². The lowest BCUT2D eigenvalue weighted by Crippen LogP contribution is -2.11. The molecule has 1 aromatic carbocycles. The van der Waals surface area contributed by atoms with Crippen LogP contribution in [-0.2, 0) is 4.79 Å². The molecule has 1 aromatic heterocycles. The zero-order chi connectivity index (χ0) is 15.9. The van der Waals surface area contributed by atoms with E-state index in [9.17, 15) is 4.79 Å². The van der Waals surface area contributed by atoms with Crippen molar-refractivity contribution in [2.45, 2.75) is 32.1 Å². The Hall–Kier alpha value is -2.08. The molecule has 120 valence electrons. The van der Waals surface area contributed by atoms with Gasteiger partial charge in [-0.1, -0.05) is 12.8 Å². The smallest absolute Gasteiger partial charge is 0.297 e. The zero-order valence-corrected chi connectivity index (χ0v) is 13.3. The maximum atomic E-state index is 11.9. The first-order chi connectivity index (χ1) is 10.6. The molecule has 6 heteroatoms. The van der Waals surface area contributed by atoms with Crippen molar-refractivity contribution in [3.63, 3.8) is 0 Å². The molecule has 0 saturated carbocycles. The average Bonchev–Trinajstić information content (AvgIpc) is 2.90. The molecule has 0 aliphatic rings. The largest absolute Gasteiger partial charge is 0.423 e. The summed E-state index contributed by atoms with van der Waals surface area (Å²) in [5.41, 5.74) is 7.64. The summed E-state index contributed by atoms with van der Waals surface area (Å²) in [6.07, 6.45) is 4.58. The average molecular weight is 304 g/mol. The normalized spacial score (nSPS) is 10.9. The third-order valence-corrected chi connectivity index (χ3v) is 3.40. The van der Waals surface area contributed by atoms with Crippen LogP contribution in [-0.4, -0.2) is 31.5 Å². The number of anilines is 2. The van der Waals surface area contributed by atoms with Crippen LogP contribution in [0.1, 0.15) is 32.1 Å². The van der Waals surface area contributed by atoms with Crippen LogP contribution in [0, 0.1) is 0 Å². The number of unbranched alkanes of at least 4 members (excludes halogenated alkanes) is 3. The minimum absolute atomic E-state index is 0.0310. The second kappa shape index (κ2) is 7.79. The van der Waals surface area contributed by atoms with Crippen molar-refractivity contribution < 1.29 is 9.21 Å². The zero-order valence-electron chi connectivity index (χ0n) is 13.3. The Balaban J connectivity index is 1.89. The quantitative estimate of drug-likeness (QED) is 0.733. The van der Waals surface area contributed by atoms with Crippen LogP contribution in [0.25, 0.3) is 11.1 Å². The molecule has 6 nitrogen and oxygen atoms in total. The highest BCUT2D eigenvalue weighted by atomic mass is 16.4. The Labute approximate surface area is 130 Å². The second-order valence-corrected chi connectivity index (χ2v) is 5.57. The molecule has 0 fully saturated rings. The molecule has 0 spiro atoms. The van der Waals surface area contributed by atoms with Crippen LogP contribution >= 0.6 is 0 Å². The topological polar surface area (TPSA) is 84.4 Å². The first kappa shape index (κ1) is 16.3. The van der Waals surface area contributed by atoms with E-state index in [1.54, 1.807) is 4.90 Å². The molecule has 0 bridgehead atoms. The van der Waals surface area contributed by atoms with E-state index in [4.69, 9.17) is 10.2 Å². The summed E-state index contributed by atoms with van der Waals surface area (Å²) in [5, 5.41) is 2.90. The van der Waals surface area contributed by atoms with Gasteiger partial charge in [0.2, 0.25) is 5.91 Å². The Morgan fingerprint density at radius 2 is 2.05 bits per heavy atom. The van der Waals surface area contributed by atoms with Gasteiger partial charge in [-0.05, 0) is 37.6 Å². The van der Waals surface area contributed by atoms with Crippen molar-refractivity contribution in [2.24, 2.45) is 5.73 Å². The lowest BCUT2D eigenvalue weighted by atomic mass is 10.1. The number of rotatable bonds is 8. The van der Waals surface area contributed by atoms with Crippen molar-refractivity contribution in [3.05, 3.63) is 18.2 Å². The number of benzene rings is 1. The van der Waals surface area contributed by atoms with E-state index in [1.165, 1.54) is 0 Å². The van der Waals surface area contributed by atoms with E-state index in [-0.39, 0.29) is 5.91 Å². The van der Waals surface area contributed by atoms with Crippen LogP contribution in [0.15, 0.2) is 22.6 Å². The summed E-state index contributed by atoms with van der Waals surface area (Å²) in [6, 6.07) is 6.04. The number of hydrogen-bond donors (Lipinski definition) is 2. The number of aromatic nitrogens is 1. The lowest BCUT2D eigenvalue weighted by molar-refractivity contribution is -0.116. The fourth-order valence-corrected chi connectivity index (χ4v) is 2.19. The molecule has 0 atom stereocenters. The predicted octanol–water partition coefficient (Wildman–Crippen LogP) is 2.74.